The lowest BCUT2D eigenvalue weighted by Crippen LogP contribution is -2.31. The van der Waals surface area contributed by atoms with Crippen molar-refractivity contribution >= 4 is 0 Å². The predicted molar refractivity (Wildman–Crippen MR) is 70.1 cm³/mol. The molecule has 1 atom stereocenters. The molecule has 0 saturated carbocycles. The van der Waals surface area contributed by atoms with Crippen molar-refractivity contribution < 1.29 is 10.2 Å². The Kier molecular flexibility index (Phi) is 5.12. The fraction of sp³-hybridized carbons (Fsp3) is 0.571. The van der Waals surface area contributed by atoms with Gasteiger partial charge in [0.25, 0.3) is 0 Å². The summed E-state index contributed by atoms with van der Waals surface area (Å²) in [5.41, 5.74) is 5.16. The number of hydrogen-bond acceptors (Lipinski definition) is 3. The summed E-state index contributed by atoms with van der Waals surface area (Å²) in [6, 6.07) is 4.36. The third-order valence-corrected chi connectivity index (χ3v) is 3.00. The lowest BCUT2D eigenvalue weighted by Gasteiger charge is -2.22. The third kappa shape index (κ3) is 4.11. The van der Waals surface area contributed by atoms with E-state index in [9.17, 15) is 5.11 Å². The molecule has 0 fully saturated rings. The first-order chi connectivity index (χ1) is 7.93. The van der Waals surface area contributed by atoms with Crippen molar-refractivity contribution in [1.82, 2.24) is 4.90 Å². The van der Waals surface area contributed by atoms with Gasteiger partial charge in [0, 0.05) is 13.1 Å². The van der Waals surface area contributed by atoms with Crippen LogP contribution in [0.2, 0.25) is 0 Å². The van der Waals surface area contributed by atoms with E-state index in [0.29, 0.717) is 6.54 Å². The zero-order chi connectivity index (χ0) is 13.0. The van der Waals surface area contributed by atoms with E-state index in [2.05, 4.69) is 32.9 Å². The van der Waals surface area contributed by atoms with Crippen LogP contribution in [0.1, 0.15) is 22.3 Å². The maximum Gasteiger partial charge on any atom is 0.0897 e. The molecule has 3 heteroatoms. The quantitative estimate of drug-likeness (QED) is 0.813. The highest BCUT2D eigenvalue weighted by Crippen LogP contribution is 2.17. The molecule has 1 rings (SSSR count). The highest BCUT2D eigenvalue weighted by atomic mass is 16.3. The molecule has 1 unspecified atom stereocenters. The Morgan fingerprint density at radius 2 is 1.71 bits per heavy atom. The molecular formula is C14H23NO2. The molecule has 1 aromatic carbocycles. The fourth-order valence-corrected chi connectivity index (χ4v) is 2.21. The molecule has 0 amide bonds. The Morgan fingerprint density at radius 3 is 2.18 bits per heavy atom. The first-order valence-electron chi connectivity index (χ1n) is 5.98. The number of aliphatic hydroxyl groups is 2. The van der Waals surface area contributed by atoms with Gasteiger partial charge in [0.15, 0.2) is 0 Å². The average Bonchev–Trinajstić information content (AvgIpc) is 2.23. The highest BCUT2D eigenvalue weighted by Gasteiger charge is 2.10. The third-order valence-electron chi connectivity index (χ3n) is 3.00. The predicted octanol–water partition coefficient (Wildman–Crippen LogP) is 1.40. The van der Waals surface area contributed by atoms with Crippen LogP contribution in [-0.4, -0.2) is 41.4 Å². The fourth-order valence-electron chi connectivity index (χ4n) is 2.21. The topological polar surface area (TPSA) is 43.7 Å². The molecule has 0 aliphatic carbocycles. The lowest BCUT2D eigenvalue weighted by atomic mass is 9.99. The minimum Gasteiger partial charge on any atom is -0.394 e. The second-order valence-corrected chi connectivity index (χ2v) is 4.91. The molecule has 0 aliphatic rings. The van der Waals surface area contributed by atoms with Crippen molar-refractivity contribution in [3.8, 4) is 0 Å². The lowest BCUT2D eigenvalue weighted by molar-refractivity contribution is 0.0647. The van der Waals surface area contributed by atoms with Gasteiger partial charge in [0.2, 0.25) is 0 Å². The van der Waals surface area contributed by atoms with E-state index < -0.39 is 6.10 Å². The summed E-state index contributed by atoms with van der Waals surface area (Å²) in [4.78, 5) is 2.03. The standard InChI is InChI=1S/C14H23NO2/c1-10-5-11(2)14(12(3)6-10)8-15(4)7-13(17)9-16/h5-6,13,16-17H,7-9H2,1-4H3. The van der Waals surface area contributed by atoms with E-state index in [0.717, 1.165) is 6.54 Å². The number of likely N-dealkylation sites (N-methyl/N-ethyl adjacent to an activating group) is 1. The summed E-state index contributed by atoms with van der Waals surface area (Å²) in [6.45, 7) is 7.44. The van der Waals surface area contributed by atoms with Gasteiger partial charge >= 0.3 is 0 Å². The molecule has 0 aromatic heterocycles. The van der Waals surface area contributed by atoms with Crippen LogP contribution in [0.5, 0.6) is 0 Å². The first kappa shape index (κ1) is 14.2. The minimum atomic E-state index is -0.661. The van der Waals surface area contributed by atoms with Crippen LogP contribution in [0.3, 0.4) is 0 Å². The van der Waals surface area contributed by atoms with E-state index in [1.165, 1.54) is 22.3 Å². The monoisotopic (exact) mass is 237 g/mol. The highest BCUT2D eigenvalue weighted by molar-refractivity contribution is 5.37. The maximum absolute atomic E-state index is 9.40. The summed E-state index contributed by atoms with van der Waals surface area (Å²) in [6.07, 6.45) is -0.661. The summed E-state index contributed by atoms with van der Waals surface area (Å²) < 4.78 is 0. The molecule has 17 heavy (non-hydrogen) atoms. The van der Waals surface area contributed by atoms with Crippen LogP contribution < -0.4 is 0 Å². The number of rotatable bonds is 5. The molecule has 0 bridgehead atoms. The maximum atomic E-state index is 9.40. The molecule has 2 N–H and O–H groups in total. The first-order valence-corrected chi connectivity index (χ1v) is 5.98. The van der Waals surface area contributed by atoms with Crippen molar-refractivity contribution in [2.45, 2.75) is 33.4 Å². The van der Waals surface area contributed by atoms with Crippen molar-refractivity contribution in [2.24, 2.45) is 0 Å². The van der Waals surface area contributed by atoms with Crippen LogP contribution in [0.4, 0.5) is 0 Å². The molecule has 0 radical (unpaired) electrons. The number of aryl methyl sites for hydroxylation is 3. The van der Waals surface area contributed by atoms with Crippen molar-refractivity contribution in [1.29, 1.82) is 0 Å². The molecule has 0 saturated heterocycles. The van der Waals surface area contributed by atoms with Crippen LogP contribution in [-0.2, 0) is 6.54 Å². The molecule has 0 heterocycles. The Labute approximate surface area is 104 Å². The Bertz CT molecular complexity index is 353. The molecule has 0 spiro atoms. The van der Waals surface area contributed by atoms with E-state index >= 15 is 0 Å². The van der Waals surface area contributed by atoms with E-state index in [1.807, 2.05) is 11.9 Å². The molecule has 0 aliphatic heterocycles. The van der Waals surface area contributed by atoms with Crippen LogP contribution in [0, 0.1) is 20.8 Å². The van der Waals surface area contributed by atoms with E-state index in [-0.39, 0.29) is 6.61 Å². The average molecular weight is 237 g/mol. The van der Waals surface area contributed by atoms with Crippen LogP contribution >= 0.6 is 0 Å². The van der Waals surface area contributed by atoms with Gasteiger partial charge in [-0.2, -0.15) is 0 Å². The van der Waals surface area contributed by atoms with Gasteiger partial charge in [-0.25, -0.2) is 0 Å². The van der Waals surface area contributed by atoms with Crippen LogP contribution in [0.15, 0.2) is 12.1 Å². The van der Waals surface area contributed by atoms with Gasteiger partial charge in [0.1, 0.15) is 0 Å². The van der Waals surface area contributed by atoms with Gasteiger partial charge in [-0.1, -0.05) is 17.7 Å². The zero-order valence-electron chi connectivity index (χ0n) is 11.2. The van der Waals surface area contributed by atoms with Crippen LogP contribution in [0.25, 0.3) is 0 Å². The molecule has 3 nitrogen and oxygen atoms in total. The number of nitrogens with zero attached hydrogens (tertiary/aromatic N) is 1. The molecular weight excluding hydrogens is 214 g/mol. The summed E-state index contributed by atoms with van der Waals surface area (Å²) in [5, 5.41) is 18.2. The van der Waals surface area contributed by atoms with Gasteiger partial charge in [0.05, 0.1) is 12.7 Å². The summed E-state index contributed by atoms with van der Waals surface area (Å²) >= 11 is 0. The largest absolute Gasteiger partial charge is 0.394 e. The summed E-state index contributed by atoms with van der Waals surface area (Å²) in [7, 11) is 1.96. The van der Waals surface area contributed by atoms with Gasteiger partial charge < -0.3 is 10.2 Å². The second-order valence-electron chi connectivity index (χ2n) is 4.91. The van der Waals surface area contributed by atoms with Crippen molar-refractivity contribution in [3.63, 3.8) is 0 Å². The van der Waals surface area contributed by atoms with Crippen molar-refractivity contribution in [3.05, 3.63) is 34.4 Å². The molecule has 96 valence electrons. The smallest absolute Gasteiger partial charge is 0.0897 e. The number of hydrogen-bond donors (Lipinski definition) is 2. The van der Waals surface area contributed by atoms with Crippen molar-refractivity contribution in [2.75, 3.05) is 20.2 Å². The second kappa shape index (κ2) is 6.15. The SMILES string of the molecule is Cc1cc(C)c(CN(C)CC(O)CO)c(C)c1. The zero-order valence-corrected chi connectivity index (χ0v) is 11.2. The normalized spacial score (nSPS) is 13.1. The minimum absolute atomic E-state index is 0.184. The van der Waals surface area contributed by atoms with E-state index in [1.54, 1.807) is 0 Å². The Morgan fingerprint density at radius 1 is 1.18 bits per heavy atom. The number of benzene rings is 1. The summed E-state index contributed by atoms with van der Waals surface area (Å²) in [5.74, 6) is 0. The Balaban J connectivity index is 2.74. The van der Waals surface area contributed by atoms with Gasteiger partial charge in [-0.05, 0) is 44.5 Å². The van der Waals surface area contributed by atoms with Gasteiger partial charge in [-0.15, -0.1) is 0 Å². The van der Waals surface area contributed by atoms with E-state index in [4.69, 9.17) is 5.11 Å². The number of aliphatic hydroxyl groups excluding tert-OH is 2. The molecule has 1 aromatic rings. The Hall–Kier alpha value is -0.900. The van der Waals surface area contributed by atoms with Gasteiger partial charge in [-0.3, -0.25) is 4.90 Å².